The number of carbonyl (C=O) groups is 2. The molecule has 0 N–H and O–H groups in total. The van der Waals surface area contributed by atoms with E-state index in [-0.39, 0.29) is 18.4 Å². The van der Waals surface area contributed by atoms with Gasteiger partial charge in [-0.15, -0.1) is 0 Å². The molecular weight excluding hydrogens is 369 g/mol. The number of carbonyl (C=O) groups excluding carboxylic acids is 2. The van der Waals surface area contributed by atoms with Crippen molar-refractivity contribution in [1.82, 2.24) is 4.90 Å². The van der Waals surface area contributed by atoms with E-state index in [1.807, 2.05) is 0 Å². The molecule has 0 bridgehead atoms. The van der Waals surface area contributed by atoms with Crippen LogP contribution in [0.25, 0.3) is 0 Å². The number of hydrogen-bond acceptors (Lipinski definition) is 4. The number of ether oxygens (including phenoxy) is 1. The number of esters is 1. The predicted molar refractivity (Wildman–Crippen MR) is 78.7 cm³/mol. The second-order valence-corrected chi connectivity index (χ2v) is 22.2. The zero-order chi connectivity index (χ0) is 14.2. The molecule has 2 heterocycles. The molecule has 104 valence electrons. The van der Waals surface area contributed by atoms with E-state index in [1.165, 1.54) is 2.89 Å². The molecule has 19 heavy (non-hydrogen) atoms. The van der Waals surface area contributed by atoms with Gasteiger partial charge in [-0.2, -0.15) is 0 Å². The molecule has 0 aromatic carbocycles. The average molecular weight is 388 g/mol. The van der Waals surface area contributed by atoms with Gasteiger partial charge in [0.1, 0.15) is 0 Å². The summed E-state index contributed by atoms with van der Waals surface area (Å²) in [4.78, 5) is 33.4. The molecule has 0 unspecified atom stereocenters. The van der Waals surface area contributed by atoms with Gasteiger partial charge in [-0.1, -0.05) is 0 Å². The molecule has 1 aromatic rings. The summed E-state index contributed by atoms with van der Waals surface area (Å²) in [5.41, 5.74) is 0.802. The molecule has 2 rings (SSSR count). The van der Waals surface area contributed by atoms with Crippen molar-refractivity contribution < 1.29 is 14.3 Å². The van der Waals surface area contributed by atoms with Gasteiger partial charge in [0.15, 0.2) is 0 Å². The first-order valence-corrected chi connectivity index (χ1v) is 17.2. The minimum absolute atomic E-state index is 0.0268. The van der Waals surface area contributed by atoms with E-state index in [4.69, 9.17) is 4.74 Å². The predicted octanol–water partition coefficient (Wildman–Crippen LogP) is 1.81. The Kier molecular flexibility index (Phi) is 4.25. The van der Waals surface area contributed by atoms with Crippen molar-refractivity contribution in [3.63, 3.8) is 0 Å². The Morgan fingerprint density at radius 2 is 2.16 bits per heavy atom. The van der Waals surface area contributed by atoms with Crippen molar-refractivity contribution in [3.05, 3.63) is 16.5 Å². The van der Waals surface area contributed by atoms with Gasteiger partial charge in [0.05, 0.1) is 0 Å². The molecular formula is C13H19NO3SSn. The molecule has 1 aliphatic rings. The van der Waals surface area contributed by atoms with Crippen molar-refractivity contribution >= 4 is 44.5 Å². The Balaban J connectivity index is 2.11. The zero-order valence-electron chi connectivity index (χ0n) is 11.8. The standard InChI is InChI=1S/C10H10NO3S.3CH3.Sn/c1-2-14-9(12)6-11-5-8-7(10(11)13)3-4-15-8;;;;/h3H,2,5-6H2,1H3;3*1H3;. The van der Waals surface area contributed by atoms with Gasteiger partial charge >= 0.3 is 122 Å². The van der Waals surface area contributed by atoms with E-state index in [0.29, 0.717) is 13.2 Å². The molecule has 0 aliphatic carbocycles. The van der Waals surface area contributed by atoms with Crippen molar-refractivity contribution in [2.45, 2.75) is 28.3 Å². The molecule has 0 atom stereocenters. The van der Waals surface area contributed by atoms with Gasteiger partial charge in [0.2, 0.25) is 0 Å². The van der Waals surface area contributed by atoms with Gasteiger partial charge in [-0.05, 0) is 0 Å². The molecule has 6 heteroatoms. The summed E-state index contributed by atoms with van der Waals surface area (Å²) in [6.45, 7) is 2.73. The number of hydrogen-bond donors (Lipinski definition) is 0. The average Bonchev–Trinajstić information content (AvgIpc) is 2.80. The number of fused-ring (bicyclic) bond motifs is 1. The molecule has 0 spiro atoms. The summed E-state index contributed by atoms with van der Waals surface area (Å²) in [6.07, 6.45) is 0. The van der Waals surface area contributed by atoms with Crippen LogP contribution in [0.4, 0.5) is 0 Å². The summed E-state index contributed by atoms with van der Waals surface area (Å²) in [6, 6.07) is 2.06. The molecule has 4 nitrogen and oxygen atoms in total. The van der Waals surface area contributed by atoms with Crippen molar-refractivity contribution in [2.75, 3.05) is 13.2 Å². The van der Waals surface area contributed by atoms with Gasteiger partial charge < -0.3 is 0 Å². The molecule has 0 fully saturated rings. The van der Waals surface area contributed by atoms with Crippen molar-refractivity contribution in [2.24, 2.45) is 0 Å². The molecule has 1 amide bonds. The Labute approximate surface area is 121 Å². The van der Waals surface area contributed by atoms with Crippen molar-refractivity contribution in [3.8, 4) is 0 Å². The maximum atomic E-state index is 12.2. The molecule has 0 saturated heterocycles. The third-order valence-corrected chi connectivity index (χ3v) is 13.6. The number of amides is 1. The van der Waals surface area contributed by atoms with E-state index >= 15 is 0 Å². The number of thiophene rings is 1. The summed E-state index contributed by atoms with van der Waals surface area (Å²) < 4.78 is 6.31. The quantitative estimate of drug-likeness (QED) is 0.584. The normalized spacial score (nSPS) is 14.7. The van der Waals surface area contributed by atoms with Crippen LogP contribution in [0.2, 0.25) is 14.8 Å². The summed E-state index contributed by atoms with van der Waals surface area (Å²) in [5, 5.41) is 0. The fourth-order valence-corrected chi connectivity index (χ4v) is 8.55. The van der Waals surface area contributed by atoms with Crippen LogP contribution in [-0.2, 0) is 16.1 Å². The van der Waals surface area contributed by atoms with E-state index < -0.39 is 18.4 Å². The van der Waals surface area contributed by atoms with Crippen LogP contribution >= 0.6 is 11.3 Å². The number of rotatable bonds is 4. The summed E-state index contributed by atoms with van der Waals surface area (Å²) >= 11 is -0.339. The third kappa shape index (κ3) is 3.13. The van der Waals surface area contributed by atoms with Gasteiger partial charge in [-0.3, -0.25) is 0 Å². The first-order chi connectivity index (χ1) is 8.82. The fourth-order valence-electron chi connectivity index (χ4n) is 2.00. The first kappa shape index (κ1) is 14.8. The Morgan fingerprint density at radius 3 is 2.68 bits per heavy atom. The van der Waals surface area contributed by atoms with Gasteiger partial charge in [0, 0.05) is 0 Å². The minimum atomic E-state index is -2.10. The second-order valence-electron chi connectivity index (χ2n) is 5.66. The Morgan fingerprint density at radius 1 is 1.47 bits per heavy atom. The first-order valence-electron chi connectivity index (χ1n) is 6.41. The van der Waals surface area contributed by atoms with E-state index in [1.54, 1.807) is 23.2 Å². The van der Waals surface area contributed by atoms with Crippen LogP contribution in [0.5, 0.6) is 0 Å². The summed E-state index contributed by atoms with van der Waals surface area (Å²) in [5.74, 6) is -0.359. The number of nitrogens with zero attached hydrogens (tertiary/aromatic N) is 1. The third-order valence-electron chi connectivity index (χ3n) is 3.03. The van der Waals surface area contributed by atoms with Crippen molar-refractivity contribution in [1.29, 1.82) is 0 Å². The van der Waals surface area contributed by atoms with E-state index in [9.17, 15) is 9.59 Å². The van der Waals surface area contributed by atoms with Gasteiger partial charge in [0.25, 0.3) is 0 Å². The zero-order valence-corrected chi connectivity index (χ0v) is 15.4. The maximum absolute atomic E-state index is 12.2. The molecule has 0 saturated carbocycles. The van der Waals surface area contributed by atoms with E-state index in [2.05, 4.69) is 20.9 Å². The molecule has 1 aromatic heterocycles. The Bertz CT molecular complexity index is 518. The Hall–Kier alpha value is -0.561. The van der Waals surface area contributed by atoms with Crippen LogP contribution in [0, 0.1) is 0 Å². The van der Waals surface area contributed by atoms with Crippen LogP contribution in [0.15, 0.2) is 6.07 Å². The second kappa shape index (κ2) is 5.44. The van der Waals surface area contributed by atoms with Gasteiger partial charge in [-0.25, -0.2) is 0 Å². The molecule has 0 radical (unpaired) electrons. The summed E-state index contributed by atoms with van der Waals surface area (Å²) in [7, 11) is 0. The monoisotopic (exact) mass is 389 g/mol. The topological polar surface area (TPSA) is 46.6 Å². The molecule has 1 aliphatic heterocycles. The van der Waals surface area contributed by atoms with E-state index in [0.717, 1.165) is 10.4 Å². The fraction of sp³-hybridized carbons (Fsp3) is 0.538. The van der Waals surface area contributed by atoms with Crippen LogP contribution in [0.3, 0.4) is 0 Å². The van der Waals surface area contributed by atoms with Crippen LogP contribution in [-0.4, -0.2) is 48.3 Å². The van der Waals surface area contributed by atoms with Crippen LogP contribution in [0.1, 0.15) is 22.2 Å². The van der Waals surface area contributed by atoms with Crippen LogP contribution < -0.4 is 2.89 Å². The SMILES string of the molecule is CCOC(=O)CN1Cc2s[c]([Sn]([CH3])([CH3])[CH3])cc2C1=O.